The Morgan fingerprint density at radius 3 is 1.91 bits per heavy atom. The number of carbonyl (C=O) groups is 1. The van der Waals surface area contributed by atoms with Crippen LogP contribution < -0.4 is 9.80 Å². The number of nitrogens with zero attached hydrogens (tertiary/aromatic N) is 2. The number of ether oxygens (including phenoxy) is 1. The van der Waals surface area contributed by atoms with Crippen LogP contribution in [0.25, 0.3) is 0 Å². The van der Waals surface area contributed by atoms with Crippen LogP contribution in [0.2, 0.25) is 0 Å². The third-order valence-corrected chi connectivity index (χ3v) is 3.84. The first kappa shape index (κ1) is 17.1. The first-order valence-electron chi connectivity index (χ1n) is 7.09. The Balaban J connectivity index is 2.38. The van der Waals surface area contributed by atoms with Crippen molar-refractivity contribution < 1.29 is 9.53 Å². The first-order chi connectivity index (χ1) is 11.0. The van der Waals surface area contributed by atoms with Crippen molar-refractivity contribution in [1.82, 2.24) is 0 Å². The van der Waals surface area contributed by atoms with E-state index in [4.69, 9.17) is 0 Å². The zero-order valence-electron chi connectivity index (χ0n) is 13.4. The van der Waals surface area contributed by atoms with E-state index in [1.165, 1.54) is 13.2 Å². The Morgan fingerprint density at radius 1 is 0.957 bits per heavy atom. The minimum atomic E-state index is -0.392. The number of benzene rings is 2. The van der Waals surface area contributed by atoms with Crippen molar-refractivity contribution in [3.8, 4) is 0 Å². The molecule has 0 bridgehead atoms. The molecule has 0 N–H and O–H groups in total. The lowest BCUT2D eigenvalue weighted by Crippen LogP contribution is -2.11. The average Bonchev–Trinajstić information content (AvgIpc) is 2.56. The molecule has 0 saturated carbocycles. The van der Waals surface area contributed by atoms with Gasteiger partial charge in [0.15, 0.2) is 0 Å². The molecule has 0 spiro atoms. The van der Waals surface area contributed by atoms with Gasteiger partial charge in [-0.25, -0.2) is 4.79 Å². The van der Waals surface area contributed by atoms with E-state index in [0.29, 0.717) is 0 Å². The molecule has 0 aromatic heterocycles. The van der Waals surface area contributed by atoms with Gasteiger partial charge in [0, 0.05) is 47.9 Å². The molecule has 0 radical (unpaired) electrons. The largest absolute Gasteiger partial charge is 0.466 e. The molecule has 0 unspecified atom stereocenters. The number of hydrogen-bond acceptors (Lipinski definition) is 4. The van der Waals surface area contributed by atoms with E-state index < -0.39 is 5.97 Å². The highest BCUT2D eigenvalue weighted by Crippen LogP contribution is 2.28. The van der Waals surface area contributed by atoms with Gasteiger partial charge in [-0.3, -0.25) is 0 Å². The van der Waals surface area contributed by atoms with Crippen LogP contribution in [0.15, 0.2) is 65.3 Å². The molecular weight excluding hydrogens is 356 g/mol. The Morgan fingerprint density at radius 2 is 1.43 bits per heavy atom. The lowest BCUT2D eigenvalue weighted by Gasteiger charge is -2.22. The topological polar surface area (TPSA) is 32.8 Å². The molecule has 0 heterocycles. The maximum Gasteiger partial charge on any atom is 0.331 e. The highest BCUT2D eigenvalue weighted by atomic mass is 79.9. The van der Waals surface area contributed by atoms with Crippen molar-refractivity contribution in [2.24, 2.45) is 0 Å². The van der Waals surface area contributed by atoms with Gasteiger partial charge in [0.2, 0.25) is 0 Å². The van der Waals surface area contributed by atoms with Gasteiger partial charge in [0.1, 0.15) is 0 Å². The van der Waals surface area contributed by atoms with Crippen molar-refractivity contribution in [3.63, 3.8) is 0 Å². The summed E-state index contributed by atoms with van der Waals surface area (Å²) in [5, 5.41) is 0. The molecular formula is C18H19BrN2O2. The van der Waals surface area contributed by atoms with Crippen molar-refractivity contribution in [1.29, 1.82) is 0 Å². The summed E-state index contributed by atoms with van der Waals surface area (Å²) in [6, 6.07) is 16.0. The molecule has 120 valence electrons. The van der Waals surface area contributed by atoms with Crippen molar-refractivity contribution in [2.75, 3.05) is 31.0 Å². The first-order valence-corrected chi connectivity index (χ1v) is 7.89. The number of esters is 1. The third-order valence-electron chi connectivity index (χ3n) is 3.31. The van der Waals surface area contributed by atoms with Crippen molar-refractivity contribution in [2.45, 2.75) is 0 Å². The molecule has 5 heteroatoms. The van der Waals surface area contributed by atoms with Crippen LogP contribution in [0.1, 0.15) is 0 Å². The Kier molecular flexibility index (Phi) is 5.82. The fourth-order valence-electron chi connectivity index (χ4n) is 2.04. The lowest BCUT2D eigenvalue weighted by atomic mass is 10.2. The Bertz CT molecular complexity index is 679. The molecule has 23 heavy (non-hydrogen) atoms. The SMILES string of the molecule is COC(=O)/C=C/N(c1ccc(Br)cc1)c1ccc(N(C)C)cc1. The van der Waals surface area contributed by atoms with E-state index in [-0.39, 0.29) is 0 Å². The molecule has 0 aliphatic heterocycles. The summed E-state index contributed by atoms with van der Waals surface area (Å²) >= 11 is 3.43. The van der Waals surface area contributed by atoms with Crippen LogP contribution >= 0.6 is 15.9 Å². The smallest absolute Gasteiger partial charge is 0.331 e. The van der Waals surface area contributed by atoms with Gasteiger partial charge in [0.05, 0.1) is 7.11 Å². The van der Waals surface area contributed by atoms with Gasteiger partial charge in [-0.15, -0.1) is 0 Å². The van der Waals surface area contributed by atoms with Gasteiger partial charge >= 0.3 is 5.97 Å². The molecule has 0 fully saturated rings. The Labute approximate surface area is 145 Å². The molecule has 4 nitrogen and oxygen atoms in total. The van der Waals surface area contributed by atoms with Gasteiger partial charge in [-0.2, -0.15) is 0 Å². The Hall–Kier alpha value is -2.27. The van der Waals surface area contributed by atoms with E-state index in [2.05, 4.69) is 20.7 Å². The maximum atomic E-state index is 11.4. The van der Waals surface area contributed by atoms with Gasteiger partial charge < -0.3 is 14.5 Å². The fraction of sp³-hybridized carbons (Fsp3) is 0.167. The molecule has 0 saturated heterocycles. The van der Waals surface area contributed by atoms with E-state index in [0.717, 1.165) is 21.5 Å². The van der Waals surface area contributed by atoms with Crippen LogP contribution in [0.5, 0.6) is 0 Å². The van der Waals surface area contributed by atoms with Crippen LogP contribution in [0.4, 0.5) is 17.1 Å². The van der Waals surface area contributed by atoms with Crippen LogP contribution in [0.3, 0.4) is 0 Å². The molecule has 0 aliphatic rings. The average molecular weight is 375 g/mol. The minimum Gasteiger partial charge on any atom is -0.466 e. The summed E-state index contributed by atoms with van der Waals surface area (Å²) < 4.78 is 5.68. The van der Waals surface area contributed by atoms with E-state index in [9.17, 15) is 4.79 Å². The summed E-state index contributed by atoms with van der Waals surface area (Å²) in [4.78, 5) is 15.4. The number of carbonyl (C=O) groups excluding carboxylic acids is 1. The normalized spacial score (nSPS) is 10.6. The molecule has 0 atom stereocenters. The van der Waals surface area contributed by atoms with E-state index in [1.54, 1.807) is 6.20 Å². The van der Waals surface area contributed by atoms with Crippen molar-refractivity contribution in [3.05, 3.63) is 65.3 Å². The summed E-state index contributed by atoms with van der Waals surface area (Å²) in [6.45, 7) is 0. The second-order valence-electron chi connectivity index (χ2n) is 5.10. The highest BCUT2D eigenvalue weighted by molar-refractivity contribution is 9.10. The fourth-order valence-corrected chi connectivity index (χ4v) is 2.30. The maximum absolute atomic E-state index is 11.4. The quantitative estimate of drug-likeness (QED) is 0.575. The second kappa shape index (κ2) is 7.83. The number of hydrogen-bond donors (Lipinski definition) is 0. The number of methoxy groups -OCH3 is 1. The summed E-state index contributed by atoms with van der Waals surface area (Å²) in [6.07, 6.45) is 3.11. The number of rotatable bonds is 5. The van der Waals surface area contributed by atoms with Crippen LogP contribution in [-0.4, -0.2) is 27.2 Å². The molecule has 2 rings (SSSR count). The molecule has 2 aromatic carbocycles. The highest BCUT2D eigenvalue weighted by Gasteiger charge is 2.08. The minimum absolute atomic E-state index is 0.392. The van der Waals surface area contributed by atoms with E-state index >= 15 is 0 Å². The zero-order valence-corrected chi connectivity index (χ0v) is 14.9. The second-order valence-corrected chi connectivity index (χ2v) is 6.01. The third kappa shape index (κ3) is 4.60. The number of halogens is 1. The predicted molar refractivity (Wildman–Crippen MR) is 98.2 cm³/mol. The van der Waals surface area contributed by atoms with Crippen LogP contribution in [0, 0.1) is 0 Å². The number of anilines is 3. The van der Waals surface area contributed by atoms with Gasteiger partial charge in [-0.05, 0) is 48.5 Å². The lowest BCUT2D eigenvalue weighted by molar-refractivity contribution is -0.134. The standard InChI is InChI=1S/C18H19BrN2O2/c1-20(2)15-8-10-17(11-9-15)21(13-12-18(22)23-3)16-6-4-14(19)5-7-16/h4-13H,1-3H3/b13-12+. The van der Waals surface area contributed by atoms with Crippen LogP contribution in [-0.2, 0) is 9.53 Å². The summed E-state index contributed by atoms with van der Waals surface area (Å²) in [7, 11) is 5.36. The summed E-state index contributed by atoms with van der Waals surface area (Å²) in [5.41, 5.74) is 3.02. The molecule has 2 aromatic rings. The summed E-state index contributed by atoms with van der Waals surface area (Å²) in [5.74, 6) is -0.392. The van der Waals surface area contributed by atoms with Gasteiger partial charge in [-0.1, -0.05) is 15.9 Å². The monoisotopic (exact) mass is 374 g/mol. The molecule has 0 amide bonds. The van der Waals surface area contributed by atoms with Crippen molar-refractivity contribution >= 4 is 39.0 Å². The van der Waals surface area contributed by atoms with Gasteiger partial charge in [0.25, 0.3) is 0 Å². The zero-order chi connectivity index (χ0) is 16.8. The van der Waals surface area contributed by atoms with E-state index in [1.807, 2.05) is 72.4 Å². The predicted octanol–water partition coefficient (Wildman–Crippen LogP) is 4.34. The molecule has 0 aliphatic carbocycles.